The predicted molar refractivity (Wildman–Crippen MR) is 102 cm³/mol. The van der Waals surface area contributed by atoms with E-state index >= 15 is 0 Å². The van der Waals surface area contributed by atoms with Crippen LogP contribution in [0.1, 0.15) is 30.7 Å². The zero-order valence-corrected chi connectivity index (χ0v) is 15.0. The van der Waals surface area contributed by atoms with Crippen molar-refractivity contribution in [1.82, 2.24) is 15.1 Å². The number of piperidine rings is 1. The topological polar surface area (TPSA) is 67.1 Å². The van der Waals surface area contributed by atoms with Crippen LogP contribution in [0.25, 0.3) is 11.5 Å². The highest BCUT2D eigenvalue weighted by atomic mass is 16.5. The van der Waals surface area contributed by atoms with Crippen LogP contribution in [0.2, 0.25) is 0 Å². The van der Waals surface area contributed by atoms with E-state index in [-0.39, 0.29) is 0 Å². The van der Waals surface area contributed by atoms with Crippen LogP contribution in [0.4, 0.5) is 11.5 Å². The van der Waals surface area contributed by atoms with E-state index in [1.165, 1.54) is 30.5 Å². The third-order valence-corrected chi connectivity index (χ3v) is 4.70. The average molecular weight is 349 g/mol. The number of anilines is 2. The van der Waals surface area contributed by atoms with Gasteiger partial charge in [-0.25, -0.2) is 4.98 Å². The minimum absolute atomic E-state index is 0.488. The van der Waals surface area contributed by atoms with E-state index in [1.54, 1.807) is 6.20 Å². The van der Waals surface area contributed by atoms with Gasteiger partial charge in [0, 0.05) is 31.5 Å². The Hall–Kier alpha value is -2.89. The first-order chi connectivity index (χ1) is 12.8. The lowest BCUT2D eigenvalue weighted by Gasteiger charge is -2.30. The third kappa shape index (κ3) is 3.54. The van der Waals surface area contributed by atoms with Crippen LogP contribution < -0.4 is 10.2 Å². The number of benzene rings is 1. The summed E-state index contributed by atoms with van der Waals surface area (Å²) in [6, 6.07) is 12.4. The number of nitrogens with zero attached hydrogens (tertiary/aromatic N) is 4. The number of aryl methyl sites for hydroxylation is 1. The molecule has 0 bridgehead atoms. The second kappa shape index (κ2) is 7.56. The van der Waals surface area contributed by atoms with Crippen LogP contribution in [0.5, 0.6) is 0 Å². The molecule has 3 heterocycles. The summed E-state index contributed by atoms with van der Waals surface area (Å²) < 4.78 is 5.31. The van der Waals surface area contributed by atoms with Crippen LogP contribution >= 0.6 is 0 Å². The highest BCUT2D eigenvalue weighted by molar-refractivity contribution is 5.69. The van der Waals surface area contributed by atoms with Gasteiger partial charge in [0.15, 0.2) is 5.82 Å². The summed E-state index contributed by atoms with van der Waals surface area (Å²) >= 11 is 0. The third-order valence-electron chi connectivity index (χ3n) is 4.70. The van der Waals surface area contributed by atoms with E-state index in [1.807, 2.05) is 19.1 Å². The zero-order chi connectivity index (χ0) is 17.8. The fraction of sp³-hybridized carbons (Fsp3) is 0.350. The minimum atomic E-state index is 0.488. The van der Waals surface area contributed by atoms with Gasteiger partial charge in [0.05, 0.1) is 5.56 Å². The molecule has 6 heteroatoms. The van der Waals surface area contributed by atoms with Crippen molar-refractivity contribution in [2.75, 3.05) is 23.3 Å². The van der Waals surface area contributed by atoms with Crippen molar-refractivity contribution in [3.05, 3.63) is 54.0 Å². The molecule has 0 radical (unpaired) electrons. The molecule has 2 aromatic heterocycles. The minimum Gasteiger partial charge on any atom is -0.371 e. The van der Waals surface area contributed by atoms with Crippen LogP contribution in [-0.4, -0.2) is 28.2 Å². The molecular weight excluding hydrogens is 326 g/mol. The summed E-state index contributed by atoms with van der Waals surface area (Å²) in [6.07, 6.45) is 5.63. The lowest BCUT2D eigenvalue weighted by atomic mass is 10.1. The average Bonchev–Trinajstić information content (AvgIpc) is 3.14. The quantitative estimate of drug-likeness (QED) is 0.750. The molecule has 0 atom stereocenters. The number of pyridine rings is 1. The van der Waals surface area contributed by atoms with Gasteiger partial charge in [-0.15, -0.1) is 0 Å². The zero-order valence-electron chi connectivity index (χ0n) is 15.0. The molecule has 4 rings (SSSR count). The molecule has 134 valence electrons. The number of rotatable bonds is 5. The van der Waals surface area contributed by atoms with Crippen LogP contribution in [-0.2, 0) is 6.54 Å². The van der Waals surface area contributed by atoms with Gasteiger partial charge in [0.2, 0.25) is 0 Å². The van der Waals surface area contributed by atoms with Crippen LogP contribution in [0.3, 0.4) is 0 Å². The predicted octanol–water partition coefficient (Wildman–Crippen LogP) is 4.04. The molecule has 0 unspecified atom stereocenters. The first kappa shape index (κ1) is 16.6. The molecule has 1 fully saturated rings. The Balaban J connectivity index is 1.55. The molecular formula is C20H23N5O. The summed E-state index contributed by atoms with van der Waals surface area (Å²) in [6.45, 7) is 4.77. The monoisotopic (exact) mass is 349 g/mol. The van der Waals surface area contributed by atoms with E-state index in [0.717, 1.165) is 24.5 Å². The van der Waals surface area contributed by atoms with E-state index in [2.05, 4.69) is 49.6 Å². The summed E-state index contributed by atoms with van der Waals surface area (Å²) in [5, 5.41) is 7.33. The van der Waals surface area contributed by atoms with Crippen LogP contribution in [0.15, 0.2) is 47.1 Å². The molecule has 3 aromatic rings. The SMILES string of the molecule is Cc1noc(-c2cccnc2NCc2ccccc2N2CCCCC2)n1. The maximum absolute atomic E-state index is 5.31. The maximum atomic E-state index is 5.31. The standard InChI is InChI=1S/C20H23N5O/c1-15-23-20(26-24-15)17-9-7-11-21-19(17)22-14-16-8-3-4-10-18(16)25-12-5-2-6-13-25/h3-4,7-11H,2,5-6,12-14H2,1H3,(H,21,22). The van der Waals surface area contributed by atoms with E-state index in [9.17, 15) is 0 Å². The van der Waals surface area contributed by atoms with Crippen molar-refractivity contribution in [3.63, 3.8) is 0 Å². The van der Waals surface area contributed by atoms with Crippen molar-refractivity contribution < 1.29 is 4.52 Å². The lowest BCUT2D eigenvalue weighted by molar-refractivity contribution is 0.425. The Morgan fingerprint density at radius 1 is 1.08 bits per heavy atom. The smallest absolute Gasteiger partial charge is 0.261 e. The summed E-state index contributed by atoms with van der Waals surface area (Å²) in [5.74, 6) is 1.86. The Labute approximate surface area is 153 Å². The van der Waals surface area contributed by atoms with Gasteiger partial charge in [-0.2, -0.15) is 4.98 Å². The van der Waals surface area contributed by atoms with Gasteiger partial charge in [0.25, 0.3) is 5.89 Å². The maximum Gasteiger partial charge on any atom is 0.261 e. The van der Waals surface area contributed by atoms with Crippen molar-refractivity contribution in [3.8, 4) is 11.5 Å². The molecule has 1 aliphatic rings. The van der Waals surface area contributed by atoms with Crippen molar-refractivity contribution in [2.24, 2.45) is 0 Å². The van der Waals surface area contributed by atoms with Gasteiger partial charge >= 0.3 is 0 Å². The van der Waals surface area contributed by atoms with Gasteiger partial charge in [-0.05, 0) is 49.9 Å². The molecule has 6 nitrogen and oxygen atoms in total. The molecule has 1 saturated heterocycles. The summed E-state index contributed by atoms with van der Waals surface area (Å²) in [4.78, 5) is 11.3. The van der Waals surface area contributed by atoms with E-state index < -0.39 is 0 Å². The fourth-order valence-electron chi connectivity index (χ4n) is 3.41. The molecule has 1 aromatic carbocycles. The number of nitrogens with one attached hydrogen (secondary N) is 1. The molecule has 0 saturated carbocycles. The van der Waals surface area contributed by atoms with E-state index in [4.69, 9.17) is 4.52 Å². The van der Waals surface area contributed by atoms with Gasteiger partial charge in [0.1, 0.15) is 5.82 Å². The Bertz CT molecular complexity index is 870. The second-order valence-electron chi connectivity index (χ2n) is 6.58. The summed E-state index contributed by atoms with van der Waals surface area (Å²) in [7, 11) is 0. The molecule has 1 aliphatic heterocycles. The number of hydrogen-bond donors (Lipinski definition) is 1. The lowest BCUT2D eigenvalue weighted by Crippen LogP contribution is -2.30. The molecule has 0 aliphatic carbocycles. The van der Waals surface area contributed by atoms with Crippen molar-refractivity contribution in [2.45, 2.75) is 32.7 Å². The first-order valence-corrected chi connectivity index (χ1v) is 9.14. The molecule has 0 amide bonds. The summed E-state index contributed by atoms with van der Waals surface area (Å²) in [5.41, 5.74) is 3.40. The van der Waals surface area contributed by atoms with Crippen LogP contribution in [0, 0.1) is 6.92 Å². The Morgan fingerprint density at radius 2 is 1.92 bits per heavy atom. The number of para-hydroxylation sites is 1. The highest BCUT2D eigenvalue weighted by Crippen LogP contribution is 2.27. The normalized spacial score (nSPS) is 14.4. The highest BCUT2D eigenvalue weighted by Gasteiger charge is 2.16. The van der Waals surface area contributed by atoms with Crippen molar-refractivity contribution >= 4 is 11.5 Å². The second-order valence-corrected chi connectivity index (χ2v) is 6.58. The number of hydrogen-bond acceptors (Lipinski definition) is 6. The molecule has 1 N–H and O–H groups in total. The largest absolute Gasteiger partial charge is 0.371 e. The Morgan fingerprint density at radius 3 is 2.73 bits per heavy atom. The van der Waals surface area contributed by atoms with Gasteiger partial charge < -0.3 is 14.7 Å². The molecule has 26 heavy (non-hydrogen) atoms. The first-order valence-electron chi connectivity index (χ1n) is 9.14. The fourth-order valence-corrected chi connectivity index (χ4v) is 3.41. The number of aromatic nitrogens is 3. The Kier molecular flexibility index (Phi) is 4.82. The van der Waals surface area contributed by atoms with Gasteiger partial charge in [-0.3, -0.25) is 0 Å². The molecule has 0 spiro atoms. The van der Waals surface area contributed by atoms with Gasteiger partial charge in [-0.1, -0.05) is 23.4 Å². The van der Waals surface area contributed by atoms with E-state index in [0.29, 0.717) is 18.3 Å². The van der Waals surface area contributed by atoms with Crippen molar-refractivity contribution in [1.29, 1.82) is 0 Å².